The van der Waals surface area contributed by atoms with Gasteiger partial charge in [0.15, 0.2) is 6.10 Å². The second-order valence-corrected chi connectivity index (χ2v) is 11.1. The molecule has 2 aliphatic heterocycles. The van der Waals surface area contributed by atoms with Gasteiger partial charge in [-0.25, -0.2) is 4.79 Å². The molecule has 198 valence electrons. The lowest BCUT2D eigenvalue weighted by Crippen LogP contribution is -2.43. The Kier molecular flexibility index (Phi) is 9.59. The Balaban J connectivity index is 1.79. The highest BCUT2D eigenvalue weighted by molar-refractivity contribution is 6.17. The maximum absolute atomic E-state index is 13.3. The molecule has 1 saturated heterocycles. The van der Waals surface area contributed by atoms with E-state index >= 15 is 0 Å². The van der Waals surface area contributed by atoms with Gasteiger partial charge in [0, 0.05) is 31.2 Å². The van der Waals surface area contributed by atoms with Crippen molar-refractivity contribution in [2.75, 3.05) is 6.54 Å². The van der Waals surface area contributed by atoms with Gasteiger partial charge < -0.3 is 19.5 Å². The number of cyclic esters (lactones) is 2. The molecule has 0 bridgehead atoms. The van der Waals surface area contributed by atoms with Crippen molar-refractivity contribution in [1.82, 2.24) is 5.32 Å². The summed E-state index contributed by atoms with van der Waals surface area (Å²) in [4.78, 5) is 38.4. The van der Waals surface area contributed by atoms with E-state index in [2.05, 4.69) is 5.32 Å². The summed E-state index contributed by atoms with van der Waals surface area (Å²) < 4.78 is 17.6. The minimum absolute atomic E-state index is 0.0870. The van der Waals surface area contributed by atoms with Crippen LogP contribution in [0.3, 0.4) is 0 Å². The van der Waals surface area contributed by atoms with E-state index < -0.39 is 29.6 Å². The van der Waals surface area contributed by atoms with E-state index in [1.807, 2.05) is 51.1 Å². The van der Waals surface area contributed by atoms with Gasteiger partial charge >= 0.3 is 11.9 Å². The third-order valence-electron chi connectivity index (χ3n) is 6.68. The van der Waals surface area contributed by atoms with Crippen LogP contribution in [0, 0.1) is 17.3 Å². The second kappa shape index (κ2) is 12.2. The third kappa shape index (κ3) is 7.56. The van der Waals surface area contributed by atoms with Gasteiger partial charge in [-0.1, -0.05) is 57.2 Å². The summed E-state index contributed by atoms with van der Waals surface area (Å²) in [6.07, 6.45) is 2.84. The number of carbonyl (C=O) groups is 3. The first kappa shape index (κ1) is 28.2. The first-order chi connectivity index (χ1) is 17.0. The summed E-state index contributed by atoms with van der Waals surface area (Å²) in [5.41, 5.74) is 1.10. The predicted molar refractivity (Wildman–Crippen MR) is 137 cm³/mol. The van der Waals surface area contributed by atoms with Gasteiger partial charge in [0.2, 0.25) is 5.91 Å². The Morgan fingerprint density at radius 1 is 1.06 bits per heavy atom. The van der Waals surface area contributed by atoms with E-state index in [0.29, 0.717) is 18.7 Å². The molecule has 7 nitrogen and oxygen atoms in total. The number of amides is 1. The monoisotopic (exact) mass is 519 g/mol. The zero-order chi connectivity index (χ0) is 26.5. The number of halogens is 1. The first-order valence-electron chi connectivity index (χ1n) is 12.7. The SMILES string of the molecule is CC(C)CC1OC(=O)C(C)(C)CNC(=O)C/C=C/CC(C(C)C2OC2c2ccc(CCl)cc2)OC1=O. The Hall–Kier alpha value is -2.38. The fraction of sp³-hybridized carbons (Fsp3) is 0.607. The van der Waals surface area contributed by atoms with E-state index in [4.69, 9.17) is 25.8 Å². The van der Waals surface area contributed by atoms with Crippen molar-refractivity contribution in [3.8, 4) is 0 Å². The molecule has 1 aromatic carbocycles. The molecule has 36 heavy (non-hydrogen) atoms. The van der Waals surface area contributed by atoms with Gasteiger partial charge in [-0.2, -0.15) is 0 Å². The molecule has 1 aromatic rings. The molecule has 0 saturated carbocycles. The molecule has 0 aliphatic carbocycles. The summed E-state index contributed by atoms with van der Waals surface area (Å²) in [7, 11) is 0. The summed E-state index contributed by atoms with van der Waals surface area (Å²) in [6.45, 7) is 9.39. The zero-order valence-corrected chi connectivity index (χ0v) is 22.5. The van der Waals surface area contributed by atoms with Gasteiger partial charge in [0.05, 0.1) is 11.5 Å². The molecule has 0 radical (unpaired) electrons. The van der Waals surface area contributed by atoms with Crippen LogP contribution in [-0.4, -0.2) is 42.7 Å². The van der Waals surface area contributed by atoms with Crippen molar-refractivity contribution in [2.24, 2.45) is 17.3 Å². The molecule has 1 N–H and O–H groups in total. The van der Waals surface area contributed by atoms with Crippen LogP contribution < -0.4 is 5.32 Å². The minimum atomic E-state index is -1.02. The molecule has 2 heterocycles. The van der Waals surface area contributed by atoms with Crippen LogP contribution in [0.5, 0.6) is 0 Å². The maximum Gasteiger partial charge on any atom is 0.347 e. The standard InChI is InChI=1S/C28H38ClNO6/c1-17(2)14-22-26(32)34-21(8-6-7-9-23(31)30-16-28(4,5)27(33)35-22)18(3)24-25(36-24)20-12-10-19(15-29)11-13-20/h6-7,10-13,17-18,21-22,24-25H,8-9,14-16H2,1-5H3,(H,30,31)/b7-6+. The number of hydrogen-bond acceptors (Lipinski definition) is 6. The lowest BCUT2D eigenvalue weighted by molar-refractivity contribution is -0.179. The Bertz CT molecular complexity index is 957. The second-order valence-electron chi connectivity index (χ2n) is 10.8. The van der Waals surface area contributed by atoms with Crippen molar-refractivity contribution in [1.29, 1.82) is 0 Å². The molecule has 0 spiro atoms. The summed E-state index contributed by atoms with van der Waals surface area (Å²) in [5, 5.41) is 2.78. The summed E-state index contributed by atoms with van der Waals surface area (Å²) in [5.74, 6) is -0.843. The van der Waals surface area contributed by atoms with Gasteiger partial charge in [-0.05, 0) is 37.3 Å². The normalized spacial score (nSPS) is 28.9. The minimum Gasteiger partial charge on any atom is -0.459 e. The number of epoxide rings is 1. The van der Waals surface area contributed by atoms with Gasteiger partial charge in [0.1, 0.15) is 12.2 Å². The molecular weight excluding hydrogens is 482 g/mol. The Labute approximate surface area is 218 Å². The Morgan fingerprint density at radius 2 is 1.75 bits per heavy atom. The number of benzene rings is 1. The van der Waals surface area contributed by atoms with E-state index in [0.717, 1.165) is 11.1 Å². The number of rotatable bonds is 6. The van der Waals surface area contributed by atoms with E-state index in [9.17, 15) is 14.4 Å². The van der Waals surface area contributed by atoms with Crippen molar-refractivity contribution in [3.05, 3.63) is 47.5 Å². The van der Waals surface area contributed by atoms with Crippen LogP contribution in [0.4, 0.5) is 0 Å². The van der Waals surface area contributed by atoms with Crippen LogP contribution in [0.2, 0.25) is 0 Å². The van der Waals surface area contributed by atoms with Crippen molar-refractivity contribution < 1.29 is 28.6 Å². The lowest BCUT2D eigenvalue weighted by Gasteiger charge is -2.29. The van der Waals surface area contributed by atoms with Crippen molar-refractivity contribution in [2.45, 2.75) is 84.2 Å². The average molecular weight is 520 g/mol. The van der Waals surface area contributed by atoms with Crippen LogP contribution in [-0.2, 0) is 34.5 Å². The maximum atomic E-state index is 13.3. The summed E-state index contributed by atoms with van der Waals surface area (Å²) in [6, 6.07) is 7.97. The summed E-state index contributed by atoms with van der Waals surface area (Å²) >= 11 is 5.90. The number of alkyl halides is 1. The van der Waals surface area contributed by atoms with Gasteiger partial charge in [-0.15, -0.1) is 11.6 Å². The molecule has 1 fully saturated rings. The highest BCUT2D eigenvalue weighted by Gasteiger charge is 2.47. The van der Waals surface area contributed by atoms with E-state index in [-0.39, 0.29) is 42.9 Å². The largest absolute Gasteiger partial charge is 0.459 e. The number of nitrogens with one attached hydrogen (secondary N) is 1. The van der Waals surface area contributed by atoms with Gasteiger partial charge in [0.25, 0.3) is 0 Å². The van der Waals surface area contributed by atoms with E-state index in [1.54, 1.807) is 19.9 Å². The van der Waals surface area contributed by atoms with Gasteiger partial charge in [-0.3, -0.25) is 9.59 Å². The van der Waals surface area contributed by atoms with E-state index in [1.165, 1.54) is 0 Å². The van der Waals surface area contributed by atoms with Crippen LogP contribution in [0.25, 0.3) is 0 Å². The fourth-order valence-corrected chi connectivity index (χ4v) is 4.37. The number of ether oxygens (including phenoxy) is 3. The van der Waals surface area contributed by atoms with Crippen LogP contribution in [0.15, 0.2) is 36.4 Å². The van der Waals surface area contributed by atoms with Crippen molar-refractivity contribution in [3.63, 3.8) is 0 Å². The quantitative estimate of drug-likeness (QED) is 0.249. The van der Waals surface area contributed by atoms with Crippen LogP contribution in [0.1, 0.15) is 71.1 Å². The lowest BCUT2D eigenvalue weighted by atomic mass is 9.92. The Morgan fingerprint density at radius 3 is 2.39 bits per heavy atom. The average Bonchev–Trinajstić information content (AvgIpc) is 3.64. The number of carbonyl (C=O) groups excluding carboxylic acids is 3. The highest BCUT2D eigenvalue weighted by Crippen LogP contribution is 2.45. The molecule has 5 atom stereocenters. The molecule has 0 aromatic heterocycles. The van der Waals surface area contributed by atoms with Crippen molar-refractivity contribution >= 4 is 29.4 Å². The third-order valence-corrected chi connectivity index (χ3v) is 6.98. The molecule has 2 aliphatic rings. The predicted octanol–water partition coefficient (Wildman–Crippen LogP) is 4.86. The molecular formula is C28H38ClNO6. The molecule has 8 heteroatoms. The molecule has 3 rings (SSSR count). The topological polar surface area (TPSA) is 94.2 Å². The smallest absolute Gasteiger partial charge is 0.347 e. The molecule has 5 unspecified atom stereocenters. The number of hydrogen-bond donors (Lipinski definition) is 1. The zero-order valence-electron chi connectivity index (χ0n) is 21.8. The van der Waals surface area contributed by atoms with Crippen LogP contribution >= 0.6 is 11.6 Å². The highest BCUT2D eigenvalue weighted by atomic mass is 35.5. The fourth-order valence-electron chi connectivity index (χ4n) is 4.19. The number of esters is 2. The molecule has 1 amide bonds. The first-order valence-corrected chi connectivity index (χ1v) is 13.2.